The molecule has 0 atom stereocenters. The second-order valence-electron chi connectivity index (χ2n) is 3.58. The average molecular weight is 243 g/mol. The van der Waals surface area contributed by atoms with Crippen molar-refractivity contribution in [2.24, 2.45) is 0 Å². The molecule has 5 heteroatoms. The van der Waals surface area contributed by atoms with Crippen molar-refractivity contribution >= 4 is 15.5 Å². The van der Waals surface area contributed by atoms with Gasteiger partial charge in [0.15, 0.2) is 9.84 Å². The average Bonchev–Trinajstić information content (AvgIpc) is 2.22. The van der Waals surface area contributed by atoms with Crippen LogP contribution in [0.4, 0.5) is 5.69 Å². The quantitative estimate of drug-likeness (QED) is 0.793. The van der Waals surface area contributed by atoms with Crippen LogP contribution in [-0.4, -0.2) is 26.5 Å². The second-order valence-corrected chi connectivity index (χ2v) is 6.05. The van der Waals surface area contributed by atoms with Crippen molar-refractivity contribution in [1.82, 2.24) is 0 Å². The number of para-hydroxylation sites is 1. The summed E-state index contributed by atoms with van der Waals surface area (Å²) in [4.78, 5) is 0. The van der Waals surface area contributed by atoms with Gasteiger partial charge in [0.1, 0.15) is 12.4 Å². The van der Waals surface area contributed by atoms with Gasteiger partial charge in [0.2, 0.25) is 0 Å². The molecule has 0 amide bonds. The molecule has 0 aliphatic rings. The van der Waals surface area contributed by atoms with Crippen molar-refractivity contribution in [3.8, 4) is 5.75 Å². The van der Waals surface area contributed by atoms with Crippen molar-refractivity contribution in [2.45, 2.75) is 13.8 Å². The van der Waals surface area contributed by atoms with Gasteiger partial charge in [0.05, 0.1) is 11.4 Å². The zero-order valence-electron chi connectivity index (χ0n) is 9.56. The van der Waals surface area contributed by atoms with Crippen LogP contribution in [0.15, 0.2) is 18.2 Å². The molecule has 0 saturated carbocycles. The van der Waals surface area contributed by atoms with Crippen LogP contribution in [0.3, 0.4) is 0 Å². The summed E-state index contributed by atoms with van der Waals surface area (Å²) in [7, 11) is -2.98. The Morgan fingerprint density at radius 3 is 2.62 bits per heavy atom. The van der Waals surface area contributed by atoms with Crippen LogP contribution in [0.1, 0.15) is 12.5 Å². The third-order valence-electron chi connectivity index (χ3n) is 2.32. The topological polar surface area (TPSA) is 69.4 Å². The molecule has 2 N–H and O–H groups in total. The van der Waals surface area contributed by atoms with Crippen molar-refractivity contribution < 1.29 is 13.2 Å². The lowest BCUT2D eigenvalue weighted by Crippen LogP contribution is -2.16. The van der Waals surface area contributed by atoms with Crippen molar-refractivity contribution in [3.05, 3.63) is 23.8 Å². The second kappa shape index (κ2) is 5.21. The highest BCUT2D eigenvalue weighted by molar-refractivity contribution is 7.91. The van der Waals surface area contributed by atoms with E-state index in [0.717, 1.165) is 5.56 Å². The van der Waals surface area contributed by atoms with E-state index >= 15 is 0 Å². The summed E-state index contributed by atoms with van der Waals surface area (Å²) >= 11 is 0. The molecular formula is C11H17NO3S. The number of benzene rings is 1. The highest BCUT2D eigenvalue weighted by atomic mass is 32.2. The monoisotopic (exact) mass is 243 g/mol. The maximum atomic E-state index is 11.2. The lowest BCUT2D eigenvalue weighted by molar-refractivity contribution is 0.340. The Hall–Kier alpha value is -1.23. The Balaban J connectivity index is 2.62. The molecule has 0 bridgehead atoms. The molecule has 0 radical (unpaired) electrons. The SMILES string of the molecule is CCS(=O)(=O)CCOc1c(C)cccc1N. The molecular weight excluding hydrogens is 226 g/mol. The number of aryl methyl sites for hydroxylation is 1. The van der Waals surface area contributed by atoms with Crippen LogP contribution in [0.25, 0.3) is 0 Å². The first-order chi connectivity index (χ1) is 7.46. The smallest absolute Gasteiger partial charge is 0.153 e. The zero-order chi connectivity index (χ0) is 12.2. The van der Waals surface area contributed by atoms with Gasteiger partial charge in [-0.25, -0.2) is 8.42 Å². The van der Waals surface area contributed by atoms with E-state index in [1.807, 2.05) is 19.1 Å². The number of ether oxygens (including phenoxy) is 1. The fraction of sp³-hybridized carbons (Fsp3) is 0.455. The molecule has 1 rings (SSSR count). The van der Waals surface area contributed by atoms with Gasteiger partial charge in [-0.1, -0.05) is 19.1 Å². The van der Waals surface area contributed by atoms with Gasteiger partial charge < -0.3 is 10.5 Å². The van der Waals surface area contributed by atoms with Crippen LogP contribution >= 0.6 is 0 Å². The summed E-state index contributed by atoms with van der Waals surface area (Å²) in [6, 6.07) is 5.44. The molecule has 1 aromatic carbocycles. The number of anilines is 1. The molecule has 0 spiro atoms. The minimum absolute atomic E-state index is 0.0251. The van der Waals surface area contributed by atoms with E-state index in [4.69, 9.17) is 10.5 Å². The summed E-state index contributed by atoms with van der Waals surface area (Å²) in [5, 5.41) is 0. The van der Waals surface area contributed by atoms with Crippen LogP contribution < -0.4 is 10.5 Å². The summed E-state index contributed by atoms with van der Waals surface area (Å²) in [5.74, 6) is 0.741. The van der Waals surface area contributed by atoms with Gasteiger partial charge in [0.25, 0.3) is 0 Å². The van der Waals surface area contributed by atoms with E-state index in [2.05, 4.69) is 0 Å². The van der Waals surface area contributed by atoms with Crippen LogP contribution in [0, 0.1) is 6.92 Å². The van der Waals surface area contributed by atoms with E-state index < -0.39 is 9.84 Å². The minimum atomic E-state index is -2.98. The molecule has 0 fully saturated rings. The van der Waals surface area contributed by atoms with Gasteiger partial charge in [-0.3, -0.25) is 0 Å². The first kappa shape index (κ1) is 12.8. The van der Waals surface area contributed by atoms with E-state index in [0.29, 0.717) is 11.4 Å². The van der Waals surface area contributed by atoms with E-state index in [1.165, 1.54) is 0 Å². The standard InChI is InChI=1S/C11H17NO3S/c1-3-16(13,14)8-7-15-11-9(2)5-4-6-10(11)12/h4-6H,3,7-8,12H2,1-2H3. The number of nitrogen functional groups attached to an aromatic ring is 1. The van der Waals surface area contributed by atoms with Gasteiger partial charge in [-0.2, -0.15) is 0 Å². The van der Waals surface area contributed by atoms with E-state index in [-0.39, 0.29) is 18.1 Å². The van der Waals surface area contributed by atoms with Crippen LogP contribution in [-0.2, 0) is 9.84 Å². The van der Waals surface area contributed by atoms with E-state index in [9.17, 15) is 8.42 Å². The predicted molar refractivity (Wildman–Crippen MR) is 65.4 cm³/mol. The van der Waals surface area contributed by atoms with Gasteiger partial charge in [-0.05, 0) is 18.6 Å². The molecule has 0 saturated heterocycles. The number of hydrogen-bond acceptors (Lipinski definition) is 4. The first-order valence-corrected chi connectivity index (χ1v) is 6.96. The number of nitrogens with two attached hydrogens (primary N) is 1. The fourth-order valence-electron chi connectivity index (χ4n) is 1.29. The Bertz CT molecular complexity index is 434. The Morgan fingerprint density at radius 1 is 1.38 bits per heavy atom. The Labute approximate surface area is 96.3 Å². The highest BCUT2D eigenvalue weighted by Gasteiger charge is 2.09. The first-order valence-electron chi connectivity index (χ1n) is 5.14. The Kier molecular flexibility index (Phi) is 4.18. The van der Waals surface area contributed by atoms with Crippen molar-refractivity contribution in [2.75, 3.05) is 23.8 Å². The number of hydrogen-bond donors (Lipinski definition) is 1. The van der Waals surface area contributed by atoms with Crippen molar-refractivity contribution in [3.63, 3.8) is 0 Å². The lowest BCUT2D eigenvalue weighted by Gasteiger charge is -2.11. The van der Waals surface area contributed by atoms with Crippen molar-refractivity contribution in [1.29, 1.82) is 0 Å². The molecule has 0 aromatic heterocycles. The normalized spacial score (nSPS) is 11.4. The van der Waals surface area contributed by atoms with Crippen LogP contribution in [0.2, 0.25) is 0 Å². The van der Waals surface area contributed by atoms with Gasteiger partial charge in [-0.15, -0.1) is 0 Å². The summed E-state index contributed by atoms with van der Waals surface area (Å²) in [6.07, 6.45) is 0. The molecule has 0 heterocycles. The number of rotatable bonds is 5. The third-order valence-corrected chi connectivity index (χ3v) is 3.99. The molecule has 0 unspecified atom stereocenters. The Morgan fingerprint density at radius 2 is 2.06 bits per heavy atom. The summed E-state index contributed by atoms with van der Waals surface area (Å²) < 4.78 is 27.9. The molecule has 90 valence electrons. The third kappa shape index (κ3) is 3.41. The fourth-order valence-corrected chi connectivity index (χ4v) is 1.91. The maximum absolute atomic E-state index is 11.2. The molecule has 1 aromatic rings. The van der Waals surface area contributed by atoms with Gasteiger partial charge in [0, 0.05) is 5.75 Å². The summed E-state index contributed by atoms with van der Waals surface area (Å²) in [5.41, 5.74) is 7.18. The molecule has 16 heavy (non-hydrogen) atoms. The van der Waals surface area contributed by atoms with E-state index in [1.54, 1.807) is 13.0 Å². The number of sulfone groups is 1. The maximum Gasteiger partial charge on any atom is 0.153 e. The lowest BCUT2D eigenvalue weighted by atomic mass is 10.2. The molecule has 0 aliphatic heterocycles. The molecule has 0 aliphatic carbocycles. The van der Waals surface area contributed by atoms with Crippen LogP contribution in [0.5, 0.6) is 5.75 Å². The highest BCUT2D eigenvalue weighted by Crippen LogP contribution is 2.25. The molecule has 4 nitrogen and oxygen atoms in total. The minimum Gasteiger partial charge on any atom is -0.490 e. The summed E-state index contributed by atoms with van der Waals surface area (Å²) in [6.45, 7) is 3.64. The predicted octanol–water partition coefficient (Wildman–Crippen LogP) is 1.39. The van der Waals surface area contributed by atoms with Gasteiger partial charge >= 0.3 is 0 Å². The zero-order valence-corrected chi connectivity index (χ0v) is 10.4. The largest absolute Gasteiger partial charge is 0.490 e.